The number of hydrogen-bond acceptors (Lipinski definition) is 1. The summed E-state index contributed by atoms with van der Waals surface area (Å²) in [6, 6.07) is 53.8. The van der Waals surface area contributed by atoms with E-state index in [-0.39, 0.29) is 11.5 Å². The van der Waals surface area contributed by atoms with Crippen LogP contribution >= 0.6 is 0 Å². The average Bonchev–Trinajstić information content (AvgIpc) is 3.79. The zero-order valence-electron chi connectivity index (χ0n) is 28.4. The van der Waals surface area contributed by atoms with Crippen LogP contribution in [0.25, 0.3) is 27.8 Å². The summed E-state index contributed by atoms with van der Waals surface area (Å²) in [4.78, 5) is 2.52. The van der Waals surface area contributed by atoms with Crippen LogP contribution in [-0.4, -0.2) is 6.04 Å². The molecule has 6 aromatic rings. The van der Waals surface area contributed by atoms with Crippen LogP contribution in [0.4, 0.5) is 11.4 Å². The Labute approximate surface area is 300 Å². The van der Waals surface area contributed by atoms with E-state index in [4.69, 9.17) is 0 Å². The second kappa shape index (κ2) is 11.7. The maximum absolute atomic E-state index is 4.43. The number of benzene rings is 6. The van der Waals surface area contributed by atoms with Crippen molar-refractivity contribution in [3.05, 3.63) is 234 Å². The number of fused-ring (bicyclic) bond motifs is 10. The molecule has 1 heteroatoms. The van der Waals surface area contributed by atoms with Crippen molar-refractivity contribution in [2.24, 2.45) is 0 Å². The maximum Gasteiger partial charge on any atom is 0.0725 e. The van der Waals surface area contributed by atoms with Gasteiger partial charge in [0.1, 0.15) is 0 Å². The van der Waals surface area contributed by atoms with E-state index in [1.807, 2.05) is 0 Å². The highest BCUT2D eigenvalue weighted by Gasteiger charge is 2.51. The first-order valence-corrected chi connectivity index (χ1v) is 18.0. The minimum Gasteiger partial charge on any atom is -0.333 e. The number of rotatable bonds is 6. The SMILES string of the molecule is C=CC1=C(/C=C\Cc2ccc3c(c2)C2C=CC=CC2N3c2ccc(-c3ccccc3)cc2)c2ccccc2C12c1ccccc1-c1ccccc12. The fraction of sp³-hybridized carbons (Fsp3) is 0.0800. The molecular weight excluding hydrogens is 615 g/mol. The zero-order valence-corrected chi connectivity index (χ0v) is 28.4. The lowest BCUT2D eigenvalue weighted by Crippen LogP contribution is -2.28. The van der Waals surface area contributed by atoms with Gasteiger partial charge in [-0.05, 0) is 91.4 Å². The molecule has 0 aromatic heterocycles. The van der Waals surface area contributed by atoms with Crippen LogP contribution in [-0.2, 0) is 11.8 Å². The summed E-state index contributed by atoms with van der Waals surface area (Å²) in [5.74, 6) is 0.321. The van der Waals surface area contributed by atoms with Crippen LogP contribution in [0.1, 0.15) is 39.3 Å². The quantitative estimate of drug-likeness (QED) is 0.173. The summed E-state index contributed by atoms with van der Waals surface area (Å²) in [6.07, 6.45) is 16.8. The molecule has 242 valence electrons. The van der Waals surface area contributed by atoms with Gasteiger partial charge in [0, 0.05) is 17.3 Å². The highest BCUT2D eigenvalue weighted by atomic mass is 15.2. The molecule has 0 amide bonds. The van der Waals surface area contributed by atoms with E-state index in [0.29, 0.717) is 5.92 Å². The van der Waals surface area contributed by atoms with Crippen molar-refractivity contribution in [2.75, 3.05) is 4.90 Å². The van der Waals surface area contributed by atoms with Gasteiger partial charge in [0.05, 0.1) is 11.5 Å². The first-order valence-electron chi connectivity index (χ1n) is 18.0. The molecule has 0 fully saturated rings. The molecule has 1 spiro atoms. The van der Waals surface area contributed by atoms with Gasteiger partial charge >= 0.3 is 0 Å². The van der Waals surface area contributed by atoms with Crippen molar-refractivity contribution in [1.82, 2.24) is 0 Å². The summed E-state index contributed by atoms with van der Waals surface area (Å²) in [6.45, 7) is 4.43. The molecular formula is C50H37N. The molecule has 0 bridgehead atoms. The maximum atomic E-state index is 4.43. The van der Waals surface area contributed by atoms with E-state index in [1.54, 1.807) is 0 Å². The zero-order chi connectivity index (χ0) is 33.9. The lowest BCUT2D eigenvalue weighted by Gasteiger charge is -2.31. The molecule has 0 saturated heterocycles. The number of allylic oxidation sites excluding steroid dienone is 7. The Hall–Kier alpha value is -6.18. The van der Waals surface area contributed by atoms with Gasteiger partial charge in [0.25, 0.3) is 0 Å². The average molecular weight is 652 g/mol. The summed E-state index contributed by atoms with van der Waals surface area (Å²) >= 11 is 0. The summed E-state index contributed by atoms with van der Waals surface area (Å²) < 4.78 is 0. The second-order valence-electron chi connectivity index (χ2n) is 14.0. The Morgan fingerprint density at radius 2 is 1.22 bits per heavy atom. The molecule has 0 radical (unpaired) electrons. The normalized spacial score (nSPS) is 18.5. The summed E-state index contributed by atoms with van der Waals surface area (Å²) in [5, 5.41) is 0. The summed E-state index contributed by atoms with van der Waals surface area (Å²) in [7, 11) is 0. The third-order valence-electron chi connectivity index (χ3n) is 11.5. The van der Waals surface area contributed by atoms with Gasteiger partial charge in [-0.1, -0.05) is 177 Å². The second-order valence-corrected chi connectivity index (χ2v) is 14.0. The van der Waals surface area contributed by atoms with Gasteiger partial charge in [-0.15, -0.1) is 0 Å². The van der Waals surface area contributed by atoms with Crippen LogP contribution in [0, 0.1) is 0 Å². The van der Waals surface area contributed by atoms with Crippen LogP contribution < -0.4 is 4.90 Å². The van der Waals surface area contributed by atoms with Gasteiger partial charge in [-0.3, -0.25) is 0 Å². The Morgan fingerprint density at radius 1 is 0.608 bits per heavy atom. The molecule has 1 aliphatic heterocycles. The molecule has 51 heavy (non-hydrogen) atoms. The van der Waals surface area contributed by atoms with E-state index in [1.165, 1.54) is 78.2 Å². The minimum atomic E-state index is -0.364. The van der Waals surface area contributed by atoms with Crippen molar-refractivity contribution in [1.29, 1.82) is 0 Å². The fourth-order valence-corrected chi connectivity index (χ4v) is 9.37. The molecule has 0 N–H and O–H groups in total. The molecule has 6 aromatic carbocycles. The van der Waals surface area contributed by atoms with Gasteiger partial charge in [-0.2, -0.15) is 0 Å². The van der Waals surface area contributed by atoms with Crippen molar-refractivity contribution in [3.63, 3.8) is 0 Å². The molecule has 1 heterocycles. The van der Waals surface area contributed by atoms with E-state index < -0.39 is 0 Å². The van der Waals surface area contributed by atoms with E-state index in [9.17, 15) is 0 Å². The lowest BCUT2D eigenvalue weighted by atomic mass is 9.69. The molecule has 3 aliphatic carbocycles. The van der Waals surface area contributed by atoms with E-state index in [2.05, 4.69) is 200 Å². The molecule has 2 atom stereocenters. The number of anilines is 2. The fourth-order valence-electron chi connectivity index (χ4n) is 9.37. The van der Waals surface area contributed by atoms with Gasteiger partial charge in [-0.25, -0.2) is 0 Å². The van der Waals surface area contributed by atoms with E-state index in [0.717, 1.165) is 6.42 Å². The van der Waals surface area contributed by atoms with Crippen molar-refractivity contribution >= 4 is 16.9 Å². The Kier molecular flexibility index (Phi) is 6.82. The molecule has 4 aliphatic rings. The van der Waals surface area contributed by atoms with Crippen molar-refractivity contribution in [2.45, 2.75) is 23.8 Å². The summed E-state index contributed by atoms with van der Waals surface area (Å²) in [5.41, 5.74) is 17.8. The van der Waals surface area contributed by atoms with Crippen molar-refractivity contribution < 1.29 is 0 Å². The lowest BCUT2D eigenvalue weighted by molar-refractivity contribution is 0.744. The Morgan fingerprint density at radius 3 is 1.92 bits per heavy atom. The van der Waals surface area contributed by atoms with Gasteiger partial charge in [0.15, 0.2) is 0 Å². The highest BCUT2D eigenvalue weighted by Crippen LogP contribution is 2.62. The van der Waals surface area contributed by atoms with Crippen LogP contribution in [0.15, 0.2) is 200 Å². The first kappa shape index (κ1) is 29.7. The van der Waals surface area contributed by atoms with Gasteiger partial charge in [0.2, 0.25) is 0 Å². The van der Waals surface area contributed by atoms with Crippen molar-refractivity contribution in [3.8, 4) is 22.3 Å². The number of hydrogen-bond donors (Lipinski definition) is 0. The highest BCUT2D eigenvalue weighted by molar-refractivity contribution is 5.97. The first-order chi connectivity index (χ1) is 25.3. The molecule has 2 unspecified atom stereocenters. The molecule has 0 saturated carbocycles. The minimum absolute atomic E-state index is 0.266. The third kappa shape index (κ3) is 4.34. The van der Waals surface area contributed by atoms with Crippen LogP contribution in [0.5, 0.6) is 0 Å². The topological polar surface area (TPSA) is 3.24 Å². The predicted octanol–water partition coefficient (Wildman–Crippen LogP) is 12.2. The smallest absolute Gasteiger partial charge is 0.0725 e. The Balaban J connectivity index is 1.01. The van der Waals surface area contributed by atoms with E-state index >= 15 is 0 Å². The standard InChI is InChI=1S/C50H37N/c1-2-44-38(39-18-6-10-23-45(39)50(44)46-24-11-7-19-40(46)41-20-8-12-25-47(41)50)22-14-15-34-27-32-49-43(33-34)42-21-9-13-26-48(42)51(49)37-30-28-36(29-31-37)35-16-4-3-5-17-35/h2-14,16-33,42,48H,1,15H2/b22-14-. The van der Waals surface area contributed by atoms with Gasteiger partial charge < -0.3 is 4.90 Å². The largest absolute Gasteiger partial charge is 0.333 e. The monoisotopic (exact) mass is 651 g/mol. The van der Waals surface area contributed by atoms with Crippen LogP contribution in [0.3, 0.4) is 0 Å². The number of nitrogens with zero attached hydrogens (tertiary/aromatic N) is 1. The third-order valence-corrected chi connectivity index (χ3v) is 11.5. The predicted molar refractivity (Wildman–Crippen MR) is 213 cm³/mol. The van der Waals surface area contributed by atoms with Crippen LogP contribution in [0.2, 0.25) is 0 Å². The Bertz CT molecular complexity index is 2430. The molecule has 1 nitrogen and oxygen atoms in total. The molecule has 10 rings (SSSR count).